The topological polar surface area (TPSA) is 213 Å². The Bertz CT molecular complexity index is 2420. The van der Waals surface area contributed by atoms with Gasteiger partial charge in [0.25, 0.3) is 11.7 Å². The number of carbonyl (C=O) groups is 3. The highest BCUT2D eigenvalue weighted by atomic mass is 16.7. The van der Waals surface area contributed by atoms with Crippen LogP contribution in [0.3, 0.4) is 0 Å². The molecule has 1 amide bonds. The van der Waals surface area contributed by atoms with E-state index >= 15 is 0 Å². The summed E-state index contributed by atoms with van der Waals surface area (Å²) in [6.45, 7) is 13.2. The van der Waals surface area contributed by atoms with Gasteiger partial charge in [-0.05, 0) is 25.5 Å². The summed E-state index contributed by atoms with van der Waals surface area (Å²) in [7, 11) is 3.27. The Kier molecular flexibility index (Phi) is 12.9. The summed E-state index contributed by atoms with van der Waals surface area (Å²) >= 11 is 0. The Morgan fingerprint density at radius 3 is 2.31 bits per heavy atom. The molecule has 6 rings (SSSR count). The van der Waals surface area contributed by atoms with E-state index in [9.17, 15) is 34.8 Å². The summed E-state index contributed by atoms with van der Waals surface area (Å²) < 4.78 is 23.9. The molecule has 0 spiro atoms. The third-order valence-corrected chi connectivity index (χ3v) is 12.1. The number of phenolic OH excluding ortho intramolecular Hbond substituents is 2. The van der Waals surface area contributed by atoms with E-state index < -0.39 is 83.0 Å². The van der Waals surface area contributed by atoms with Gasteiger partial charge in [-0.3, -0.25) is 14.4 Å². The van der Waals surface area contributed by atoms with Crippen molar-refractivity contribution in [2.75, 3.05) is 24.4 Å². The number of hydrogen-bond donors (Lipinski definition) is 6. The number of nitrogens with zero attached hydrogens (tertiary/aromatic N) is 2. The van der Waals surface area contributed by atoms with Gasteiger partial charge >= 0.3 is 11.8 Å². The van der Waals surface area contributed by atoms with Crippen LogP contribution in [0, 0.1) is 30.6 Å². The number of anilines is 2. The first-order chi connectivity index (χ1) is 28.8. The maximum atomic E-state index is 14.7. The van der Waals surface area contributed by atoms with E-state index in [-0.39, 0.29) is 49.9 Å². The number of aliphatic hydroxyl groups excluding tert-OH is 2. The van der Waals surface area contributed by atoms with Crippen LogP contribution in [0.2, 0.25) is 0 Å². The number of rotatable bonds is 5. The molecule has 15 nitrogen and oxygen atoms in total. The zero-order valence-electron chi connectivity index (χ0n) is 36.1. The molecular weight excluding hydrogens is 785 g/mol. The number of Topliss-reactive ketones (excluding diaryl/α,β-unsaturated/α-hetero) is 1. The second kappa shape index (κ2) is 17.6. The average molecular weight is 841 g/mol. The molecule has 0 radical (unpaired) electrons. The van der Waals surface area contributed by atoms with Crippen molar-refractivity contribution in [2.45, 2.75) is 92.1 Å². The number of hydrogen-bond acceptors (Lipinski definition) is 13. The van der Waals surface area contributed by atoms with Crippen LogP contribution in [0.5, 0.6) is 17.2 Å². The molecule has 2 aliphatic rings. The Morgan fingerprint density at radius 1 is 0.967 bits per heavy atom. The summed E-state index contributed by atoms with van der Waals surface area (Å²) in [5.74, 6) is -6.76. The number of carbonyl (C=O) groups excluding carboxylic acids is 3. The van der Waals surface area contributed by atoms with Gasteiger partial charge in [-0.1, -0.05) is 76.3 Å². The number of fused-ring (bicyclic) bond motifs is 1. The predicted molar refractivity (Wildman–Crippen MR) is 230 cm³/mol. The summed E-state index contributed by atoms with van der Waals surface area (Å²) in [5, 5.41) is 49.5. The standard InChI is InChI=1S/C46H56N4O11/c1-22-15-14-16-23(2)44(57)47-36-35-34(48-45(49-35)50(9)21-29-17-12-11-13-18-29)31-32(40(36)55)39(54)27(6)42-33(31)43(56)46(8,61-42)59-20-19-30(58-10)24(3)41(60-28(7)51)26(5)38(53)25(4)37(22)52/h11-20,22,24-26,30,37-38,41,52-55H,21H2,1-10H3,(H,47,57)(H,48,49)/b15-14+,20-19+,23-16-/t22-,24+,25+,26+,30-,37-,38+,41+,46-/m0/s1. The number of allylic oxidation sites excluding steroid dienone is 2. The molecule has 0 saturated heterocycles. The van der Waals surface area contributed by atoms with E-state index in [0.717, 1.165) is 5.56 Å². The van der Waals surface area contributed by atoms with Gasteiger partial charge in [-0.15, -0.1) is 0 Å². The number of ketones is 1. The summed E-state index contributed by atoms with van der Waals surface area (Å²) in [5.41, 5.74) is 1.60. The normalized spacial score (nSPS) is 29.4. The average Bonchev–Trinajstić information content (AvgIpc) is 3.79. The molecule has 2 aliphatic heterocycles. The van der Waals surface area contributed by atoms with Gasteiger partial charge in [0.1, 0.15) is 28.8 Å². The molecular formula is C46H56N4O11. The maximum Gasteiger partial charge on any atom is 0.312 e. The zero-order valence-corrected chi connectivity index (χ0v) is 36.1. The number of aliphatic hydroxyl groups is 2. The van der Waals surface area contributed by atoms with Crippen LogP contribution in [-0.4, -0.2) is 92.4 Å². The molecule has 0 saturated carbocycles. The lowest BCUT2D eigenvalue weighted by Crippen LogP contribution is -2.46. The number of esters is 1. The number of amides is 1. The second-order valence-electron chi connectivity index (χ2n) is 16.5. The number of ether oxygens (including phenoxy) is 4. The van der Waals surface area contributed by atoms with Crippen molar-refractivity contribution in [1.29, 1.82) is 0 Å². The first-order valence-electron chi connectivity index (χ1n) is 20.3. The van der Waals surface area contributed by atoms with Crippen LogP contribution < -0.4 is 15.0 Å². The monoisotopic (exact) mass is 840 g/mol. The van der Waals surface area contributed by atoms with Crippen molar-refractivity contribution in [3.63, 3.8) is 0 Å². The number of benzene rings is 3. The molecule has 61 heavy (non-hydrogen) atoms. The first kappa shape index (κ1) is 44.6. The number of imidazole rings is 1. The molecule has 4 bridgehead atoms. The van der Waals surface area contributed by atoms with Crippen molar-refractivity contribution in [1.82, 2.24) is 9.97 Å². The molecule has 0 unspecified atom stereocenters. The highest BCUT2D eigenvalue weighted by Crippen LogP contribution is 2.54. The minimum Gasteiger partial charge on any atom is -0.507 e. The Labute approximate surface area is 354 Å². The number of aromatic amines is 1. The van der Waals surface area contributed by atoms with Gasteiger partial charge < -0.3 is 54.6 Å². The number of aromatic nitrogens is 2. The summed E-state index contributed by atoms with van der Waals surface area (Å²) in [6, 6.07) is 9.67. The fraction of sp³-hybridized carbons (Fsp3) is 0.435. The zero-order chi connectivity index (χ0) is 44.7. The number of phenols is 2. The van der Waals surface area contributed by atoms with Crippen LogP contribution in [-0.2, 0) is 30.3 Å². The second-order valence-corrected chi connectivity index (χ2v) is 16.5. The molecule has 15 heteroatoms. The van der Waals surface area contributed by atoms with Crippen LogP contribution in [0.4, 0.5) is 11.6 Å². The third kappa shape index (κ3) is 8.42. The van der Waals surface area contributed by atoms with Crippen molar-refractivity contribution >= 4 is 51.1 Å². The highest BCUT2D eigenvalue weighted by molar-refractivity contribution is 6.28. The maximum absolute atomic E-state index is 14.7. The summed E-state index contributed by atoms with van der Waals surface area (Å²) in [4.78, 5) is 50.9. The number of H-pyrrole nitrogens is 1. The predicted octanol–water partition coefficient (Wildman–Crippen LogP) is 6.56. The highest BCUT2D eigenvalue weighted by Gasteiger charge is 2.50. The minimum atomic E-state index is -1.98. The fourth-order valence-electron chi connectivity index (χ4n) is 8.32. The van der Waals surface area contributed by atoms with Crippen LogP contribution in [0.25, 0.3) is 21.8 Å². The Morgan fingerprint density at radius 2 is 1.66 bits per heavy atom. The van der Waals surface area contributed by atoms with Crippen LogP contribution in [0.15, 0.2) is 66.5 Å². The lowest BCUT2D eigenvalue weighted by molar-refractivity contribution is -0.160. The fourth-order valence-corrected chi connectivity index (χ4v) is 8.32. The quantitative estimate of drug-likeness (QED) is 0.0930. The van der Waals surface area contributed by atoms with Crippen molar-refractivity contribution in [2.24, 2.45) is 23.7 Å². The van der Waals surface area contributed by atoms with Gasteiger partial charge in [-0.2, -0.15) is 0 Å². The molecule has 0 aliphatic carbocycles. The van der Waals surface area contributed by atoms with Crippen molar-refractivity contribution < 1.29 is 53.8 Å². The molecule has 1 aromatic heterocycles. The number of aromatic hydroxyl groups is 2. The van der Waals surface area contributed by atoms with E-state index in [4.69, 9.17) is 23.9 Å². The van der Waals surface area contributed by atoms with Crippen LogP contribution in [0.1, 0.15) is 70.0 Å². The molecule has 0 fully saturated rings. The lowest BCUT2D eigenvalue weighted by Gasteiger charge is -2.38. The van der Waals surface area contributed by atoms with Gasteiger partial charge in [0.2, 0.25) is 5.95 Å². The van der Waals surface area contributed by atoms with Crippen molar-refractivity contribution in [3.8, 4) is 17.2 Å². The Hall–Kier alpha value is -5.90. The van der Waals surface area contributed by atoms with Gasteiger partial charge in [0, 0.05) is 74.7 Å². The smallest absolute Gasteiger partial charge is 0.312 e. The molecule has 4 aromatic rings. The molecule has 3 aromatic carbocycles. The van der Waals surface area contributed by atoms with Gasteiger partial charge in [-0.25, -0.2) is 4.98 Å². The summed E-state index contributed by atoms with van der Waals surface area (Å²) in [6.07, 6.45) is 3.84. The van der Waals surface area contributed by atoms with E-state index in [2.05, 4.69) is 10.3 Å². The van der Waals surface area contributed by atoms with E-state index in [1.54, 1.807) is 52.8 Å². The minimum absolute atomic E-state index is 0.00127. The van der Waals surface area contributed by atoms with Crippen molar-refractivity contribution in [3.05, 3.63) is 83.2 Å². The number of methoxy groups -OCH3 is 1. The SMILES string of the molecule is CO[C@H]1/C=C/O[C@@]2(C)Oc3c(C)c(O)c4c(O)c(c5[nH]c(N(C)Cc6ccccc6)nc5c4c3C2=O)NC(=O)/C(C)=C\C=C\[C@H](C)[C@H](O)[C@@H](C)[C@@H](O)[C@@H](C)[C@H](OC(C)=O)[C@@H]1C. The van der Waals surface area contributed by atoms with E-state index in [1.807, 2.05) is 42.3 Å². The van der Waals surface area contributed by atoms with Gasteiger partial charge in [0.05, 0.1) is 41.0 Å². The van der Waals surface area contributed by atoms with E-state index in [1.165, 1.54) is 40.2 Å². The molecule has 326 valence electrons. The Balaban J connectivity index is 1.55. The van der Waals surface area contributed by atoms with E-state index in [0.29, 0.717) is 12.5 Å². The molecule has 9 atom stereocenters. The number of nitrogens with one attached hydrogen (secondary N) is 2. The lowest BCUT2D eigenvalue weighted by atomic mass is 9.78. The van der Waals surface area contributed by atoms with Crippen LogP contribution >= 0.6 is 0 Å². The first-order valence-corrected chi connectivity index (χ1v) is 20.3. The molecule has 3 heterocycles. The van der Waals surface area contributed by atoms with Gasteiger partial charge in [0.15, 0.2) is 5.75 Å². The largest absolute Gasteiger partial charge is 0.507 e. The third-order valence-electron chi connectivity index (χ3n) is 12.1. The molecule has 6 N–H and O–H groups in total.